The van der Waals surface area contributed by atoms with Crippen molar-refractivity contribution in [1.82, 2.24) is 5.32 Å². The van der Waals surface area contributed by atoms with Crippen molar-refractivity contribution >= 4 is 6.16 Å². The molecule has 0 bridgehead atoms. The standard InChI is InChI=1S/C19H36NO3/c1-3-4-5-6-7-8-9-10-11-12-14-17(2)22-19(21)23-18-15-13-16-20-18/h17-18H,3-16H2,1-2H3. The fourth-order valence-corrected chi connectivity index (χ4v) is 2.97. The Labute approximate surface area is 142 Å². The van der Waals surface area contributed by atoms with Gasteiger partial charge in [-0.3, -0.25) is 0 Å². The number of hydrogen-bond acceptors (Lipinski definition) is 3. The summed E-state index contributed by atoms with van der Waals surface area (Å²) in [6.45, 7) is 5.00. The van der Waals surface area contributed by atoms with Crippen LogP contribution in [-0.2, 0) is 9.47 Å². The van der Waals surface area contributed by atoms with E-state index in [4.69, 9.17) is 9.47 Å². The zero-order valence-corrected chi connectivity index (χ0v) is 15.2. The smallest absolute Gasteiger partial charge is 0.431 e. The van der Waals surface area contributed by atoms with E-state index >= 15 is 0 Å². The van der Waals surface area contributed by atoms with Gasteiger partial charge in [0.1, 0.15) is 6.10 Å². The Balaban J connectivity index is 1.85. The second-order valence-electron chi connectivity index (χ2n) is 6.77. The lowest BCUT2D eigenvalue weighted by molar-refractivity contribution is -0.00420. The van der Waals surface area contributed by atoms with E-state index in [9.17, 15) is 4.79 Å². The van der Waals surface area contributed by atoms with Crippen molar-refractivity contribution in [2.75, 3.05) is 6.54 Å². The molecule has 2 atom stereocenters. The first-order valence-electron chi connectivity index (χ1n) is 9.76. The number of unbranched alkanes of at least 4 members (excludes halogenated alkanes) is 9. The van der Waals surface area contributed by atoms with Crippen molar-refractivity contribution in [3.63, 3.8) is 0 Å². The van der Waals surface area contributed by atoms with E-state index in [1.54, 1.807) is 0 Å². The van der Waals surface area contributed by atoms with Gasteiger partial charge < -0.3 is 9.47 Å². The van der Waals surface area contributed by atoms with Gasteiger partial charge in [0.2, 0.25) is 0 Å². The lowest BCUT2D eigenvalue weighted by Crippen LogP contribution is -2.25. The van der Waals surface area contributed by atoms with Crippen molar-refractivity contribution in [2.45, 2.75) is 110 Å². The molecule has 0 aromatic carbocycles. The van der Waals surface area contributed by atoms with E-state index in [1.165, 1.54) is 57.8 Å². The predicted octanol–water partition coefficient (Wildman–Crippen LogP) is 5.56. The summed E-state index contributed by atoms with van der Waals surface area (Å²) in [6, 6.07) is 0. The summed E-state index contributed by atoms with van der Waals surface area (Å²) >= 11 is 0. The summed E-state index contributed by atoms with van der Waals surface area (Å²) in [7, 11) is 0. The Morgan fingerprint density at radius 1 is 1.04 bits per heavy atom. The molecule has 1 heterocycles. The van der Waals surface area contributed by atoms with Crippen LogP contribution < -0.4 is 5.32 Å². The van der Waals surface area contributed by atoms with Crippen LogP contribution in [0.4, 0.5) is 4.79 Å². The Bertz CT molecular complexity index is 290. The van der Waals surface area contributed by atoms with E-state index in [0.717, 1.165) is 32.2 Å². The first kappa shape index (κ1) is 20.3. The number of nitrogens with zero attached hydrogens (tertiary/aromatic N) is 1. The molecule has 0 aromatic heterocycles. The molecule has 0 spiro atoms. The minimum absolute atomic E-state index is 0.0575. The number of rotatable bonds is 13. The van der Waals surface area contributed by atoms with Crippen LogP contribution in [0, 0.1) is 0 Å². The lowest BCUT2D eigenvalue weighted by atomic mass is 10.1. The molecule has 4 heteroatoms. The number of carbonyl (C=O) groups is 1. The Kier molecular flexibility index (Phi) is 12.0. The maximum atomic E-state index is 11.6. The van der Waals surface area contributed by atoms with Gasteiger partial charge in [0.15, 0.2) is 6.23 Å². The molecule has 0 amide bonds. The third kappa shape index (κ3) is 11.4. The molecule has 1 aliphatic heterocycles. The van der Waals surface area contributed by atoms with Crippen LogP contribution in [0.1, 0.15) is 97.3 Å². The van der Waals surface area contributed by atoms with Gasteiger partial charge in [0.05, 0.1) is 0 Å². The SMILES string of the molecule is CCCCCCCCCCCCC(C)OC(=O)OC1CCC[N]1. The summed E-state index contributed by atoms with van der Waals surface area (Å²) in [5.41, 5.74) is 0. The van der Waals surface area contributed by atoms with Crippen molar-refractivity contribution in [2.24, 2.45) is 0 Å². The van der Waals surface area contributed by atoms with Gasteiger partial charge in [-0.15, -0.1) is 0 Å². The maximum Gasteiger partial charge on any atom is 0.510 e. The predicted molar refractivity (Wildman–Crippen MR) is 93.5 cm³/mol. The second kappa shape index (κ2) is 13.6. The number of hydrogen-bond donors (Lipinski definition) is 0. The minimum atomic E-state index is -0.555. The van der Waals surface area contributed by atoms with Gasteiger partial charge in [-0.2, -0.15) is 0 Å². The summed E-state index contributed by atoms with van der Waals surface area (Å²) in [5.74, 6) is 0. The topological polar surface area (TPSA) is 49.6 Å². The summed E-state index contributed by atoms with van der Waals surface area (Å²) < 4.78 is 10.4. The highest BCUT2D eigenvalue weighted by Crippen LogP contribution is 2.14. The normalized spacial score (nSPS) is 18.8. The van der Waals surface area contributed by atoms with Crippen LogP contribution in [-0.4, -0.2) is 25.0 Å². The minimum Gasteiger partial charge on any atom is -0.431 e. The molecule has 1 aliphatic rings. The summed E-state index contributed by atoms with van der Waals surface area (Å²) in [5, 5.41) is 4.19. The maximum absolute atomic E-state index is 11.6. The molecule has 0 aromatic rings. The fraction of sp³-hybridized carbons (Fsp3) is 0.947. The highest BCUT2D eigenvalue weighted by Gasteiger charge is 2.21. The van der Waals surface area contributed by atoms with Crippen LogP contribution in [0.25, 0.3) is 0 Å². The number of ether oxygens (including phenoxy) is 2. The van der Waals surface area contributed by atoms with Gasteiger partial charge in [0.25, 0.3) is 0 Å². The van der Waals surface area contributed by atoms with Crippen molar-refractivity contribution in [1.29, 1.82) is 0 Å². The molecule has 1 fully saturated rings. The molecule has 4 nitrogen and oxygen atoms in total. The van der Waals surface area contributed by atoms with Crippen molar-refractivity contribution < 1.29 is 14.3 Å². The van der Waals surface area contributed by atoms with E-state index in [2.05, 4.69) is 12.2 Å². The number of carbonyl (C=O) groups excluding carboxylic acids is 1. The lowest BCUT2D eigenvalue weighted by Gasteiger charge is -2.15. The highest BCUT2D eigenvalue weighted by atomic mass is 16.7. The quantitative estimate of drug-likeness (QED) is 0.329. The highest BCUT2D eigenvalue weighted by molar-refractivity contribution is 5.60. The summed E-state index contributed by atoms with van der Waals surface area (Å²) in [4.78, 5) is 11.6. The Morgan fingerprint density at radius 3 is 2.22 bits per heavy atom. The molecule has 0 N–H and O–H groups in total. The third-order valence-corrected chi connectivity index (χ3v) is 4.44. The molecule has 0 saturated carbocycles. The van der Waals surface area contributed by atoms with Gasteiger partial charge in [-0.1, -0.05) is 64.7 Å². The molecule has 1 radical (unpaired) electrons. The summed E-state index contributed by atoms with van der Waals surface area (Å²) in [6.07, 6.45) is 15.1. The zero-order chi connectivity index (χ0) is 16.8. The zero-order valence-electron chi connectivity index (χ0n) is 15.2. The Hall–Kier alpha value is -0.770. The molecule has 1 rings (SSSR count). The van der Waals surface area contributed by atoms with Gasteiger partial charge in [-0.25, -0.2) is 10.1 Å². The van der Waals surface area contributed by atoms with E-state index in [0.29, 0.717) is 0 Å². The van der Waals surface area contributed by atoms with Crippen LogP contribution in [0.2, 0.25) is 0 Å². The molecule has 1 saturated heterocycles. The van der Waals surface area contributed by atoms with Crippen LogP contribution in [0.15, 0.2) is 0 Å². The van der Waals surface area contributed by atoms with Crippen molar-refractivity contribution in [3.05, 3.63) is 0 Å². The average molecular weight is 327 g/mol. The third-order valence-electron chi connectivity index (χ3n) is 4.44. The Morgan fingerprint density at radius 2 is 1.65 bits per heavy atom. The van der Waals surface area contributed by atoms with Gasteiger partial charge >= 0.3 is 6.16 Å². The van der Waals surface area contributed by atoms with Crippen molar-refractivity contribution in [3.8, 4) is 0 Å². The van der Waals surface area contributed by atoms with Crippen LogP contribution in [0.3, 0.4) is 0 Å². The van der Waals surface area contributed by atoms with E-state index < -0.39 is 6.16 Å². The first-order chi connectivity index (χ1) is 11.2. The molecule has 135 valence electrons. The van der Waals surface area contributed by atoms with E-state index in [1.807, 2.05) is 6.92 Å². The largest absolute Gasteiger partial charge is 0.510 e. The first-order valence-corrected chi connectivity index (χ1v) is 9.76. The fourth-order valence-electron chi connectivity index (χ4n) is 2.97. The molecule has 23 heavy (non-hydrogen) atoms. The van der Waals surface area contributed by atoms with Crippen LogP contribution >= 0.6 is 0 Å². The van der Waals surface area contributed by atoms with Gasteiger partial charge in [-0.05, 0) is 26.2 Å². The molecular formula is C19H36NO3. The molecule has 0 aliphatic carbocycles. The molecule has 2 unspecified atom stereocenters. The van der Waals surface area contributed by atoms with Crippen LogP contribution in [0.5, 0.6) is 0 Å². The molecular weight excluding hydrogens is 290 g/mol. The van der Waals surface area contributed by atoms with Gasteiger partial charge in [0, 0.05) is 13.0 Å². The monoisotopic (exact) mass is 326 g/mol. The average Bonchev–Trinajstić information content (AvgIpc) is 3.01. The second-order valence-corrected chi connectivity index (χ2v) is 6.77. The van der Waals surface area contributed by atoms with E-state index in [-0.39, 0.29) is 12.3 Å².